The number of aliphatic hydroxyl groups is 1. The minimum atomic E-state index is -0.698. The van der Waals surface area contributed by atoms with Gasteiger partial charge in [-0.15, -0.1) is 0 Å². The Labute approximate surface area is 168 Å². The normalized spacial score (nSPS) is 19.1. The number of aromatic amines is 1. The van der Waals surface area contributed by atoms with Gasteiger partial charge in [0.05, 0.1) is 22.9 Å². The average Bonchev–Trinajstić information content (AvgIpc) is 3.10. The standard InChI is InChI=1S/C20H23ClN4O3/c1-11-15(12(2)23-22-11)18(26)16-17(13-5-7-14(21)8-6-13)25(10-9-24(3)4)20(28)19(16)27/h5-8,17,26H,9-10H2,1-4H3,(H,22,23)/t17-/m1/s1. The Balaban J connectivity index is 2.18. The molecular weight excluding hydrogens is 380 g/mol. The van der Waals surface area contributed by atoms with Gasteiger partial charge in [0.2, 0.25) is 0 Å². The number of aryl methyl sites for hydroxylation is 2. The molecule has 0 radical (unpaired) electrons. The molecule has 0 unspecified atom stereocenters. The van der Waals surface area contributed by atoms with Crippen molar-refractivity contribution in [3.05, 3.63) is 57.4 Å². The maximum Gasteiger partial charge on any atom is 0.295 e. The van der Waals surface area contributed by atoms with E-state index in [4.69, 9.17) is 11.6 Å². The van der Waals surface area contributed by atoms with Crippen molar-refractivity contribution in [1.29, 1.82) is 0 Å². The van der Waals surface area contributed by atoms with Gasteiger partial charge < -0.3 is 14.9 Å². The summed E-state index contributed by atoms with van der Waals surface area (Å²) in [7, 11) is 3.79. The quantitative estimate of drug-likeness (QED) is 0.456. The smallest absolute Gasteiger partial charge is 0.295 e. The Hall–Kier alpha value is -2.64. The largest absolute Gasteiger partial charge is 0.507 e. The molecule has 1 aliphatic rings. The SMILES string of the molecule is Cc1n[nH]c(C)c1C(O)=C1C(=O)C(=O)N(CCN(C)C)[C@@H]1c1ccc(Cl)cc1. The molecule has 1 fully saturated rings. The lowest BCUT2D eigenvalue weighted by molar-refractivity contribution is -0.140. The van der Waals surface area contributed by atoms with E-state index in [1.165, 1.54) is 4.90 Å². The van der Waals surface area contributed by atoms with Gasteiger partial charge in [0.15, 0.2) is 0 Å². The van der Waals surface area contributed by atoms with Gasteiger partial charge in [-0.2, -0.15) is 5.10 Å². The predicted octanol–water partition coefficient (Wildman–Crippen LogP) is 2.66. The molecule has 1 aromatic carbocycles. The molecule has 0 saturated carbocycles. The number of hydrogen-bond acceptors (Lipinski definition) is 5. The van der Waals surface area contributed by atoms with Gasteiger partial charge in [-0.1, -0.05) is 23.7 Å². The minimum Gasteiger partial charge on any atom is -0.507 e. The lowest BCUT2D eigenvalue weighted by atomic mass is 9.95. The third kappa shape index (κ3) is 3.55. The van der Waals surface area contributed by atoms with Crippen LogP contribution in [-0.2, 0) is 9.59 Å². The summed E-state index contributed by atoms with van der Waals surface area (Å²) in [6.45, 7) is 4.43. The van der Waals surface area contributed by atoms with Crippen LogP contribution in [0.1, 0.15) is 28.6 Å². The van der Waals surface area contributed by atoms with Crippen LogP contribution in [0.15, 0.2) is 29.8 Å². The number of aliphatic hydroxyl groups excluding tert-OH is 1. The van der Waals surface area contributed by atoms with Crippen LogP contribution in [0.5, 0.6) is 0 Å². The van der Waals surface area contributed by atoms with Crippen LogP contribution in [0.2, 0.25) is 5.02 Å². The number of carbonyl (C=O) groups is 2. The maximum absolute atomic E-state index is 12.9. The Morgan fingerprint density at radius 1 is 1.25 bits per heavy atom. The summed E-state index contributed by atoms with van der Waals surface area (Å²) < 4.78 is 0. The van der Waals surface area contributed by atoms with Crippen molar-refractivity contribution in [2.75, 3.05) is 27.2 Å². The van der Waals surface area contributed by atoms with Crippen molar-refractivity contribution >= 4 is 29.1 Å². The summed E-state index contributed by atoms with van der Waals surface area (Å²) in [5.41, 5.74) is 2.42. The summed E-state index contributed by atoms with van der Waals surface area (Å²) in [5.74, 6) is -1.53. The van der Waals surface area contributed by atoms with E-state index >= 15 is 0 Å². The number of likely N-dealkylation sites (N-methyl/N-ethyl adjacent to an activating group) is 1. The molecule has 2 heterocycles. The summed E-state index contributed by atoms with van der Waals surface area (Å²) in [5, 5.41) is 18.5. The van der Waals surface area contributed by atoms with Crippen LogP contribution < -0.4 is 0 Å². The van der Waals surface area contributed by atoms with E-state index in [9.17, 15) is 14.7 Å². The molecule has 0 spiro atoms. The molecule has 3 rings (SSSR count). The van der Waals surface area contributed by atoms with Gasteiger partial charge in [0.25, 0.3) is 11.7 Å². The highest BCUT2D eigenvalue weighted by Crippen LogP contribution is 2.40. The molecule has 1 amide bonds. The molecule has 28 heavy (non-hydrogen) atoms. The van der Waals surface area contributed by atoms with Crippen molar-refractivity contribution in [2.24, 2.45) is 0 Å². The number of benzene rings is 1. The number of Topliss-reactive ketones (excluding diaryl/α,β-unsaturated/α-hetero) is 1. The highest BCUT2D eigenvalue weighted by Gasteiger charge is 2.46. The lowest BCUT2D eigenvalue weighted by Gasteiger charge is -2.26. The van der Waals surface area contributed by atoms with E-state index in [1.807, 2.05) is 19.0 Å². The molecule has 7 nitrogen and oxygen atoms in total. The number of aromatic nitrogens is 2. The molecule has 1 aliphatic heterocycles. The van der Waals surface area contributed by atoms with E-state index in [0.717, 1.165) is 0 Å². The van der Waals surface area contributed by atoms with Crippen molar-refractivity contribution in [1.82, 2.24) is 20.0 Å². The van der Waals surface area contributed by atoms with Gasteiger partial charge in [-0.05, 0) is 45.6 Å². The highest BCUT2D eigenvalue weighted by molar-refractivity contribution is 6.46. The summed E-state index contributed by atoms with van der Waals surface area (Å²) in [6.07, 6.45) is 0. The van der Waals surface area contributed by atoms with E-state index in [0.29, 0.717) is 40.6 Å². The second-order valence-electron chi connectivity index (χ2n) is 7.16. The fourth-order valence-electron chi connectivity index (χ4n) is 3.44. The Morgan fingerprint density at radius 2 is 1.89 bits per heavy atom. The molecule has 1 aromatic heterocycles. The van der Waals surface area contributed by atoms with Crippen LogP contribution in [0.25, 0.3) is 5.76 Å². The first kappa shape index (κ1) is 20.1. The minimum absolute atomic E-state index is 0.0682. The number of nitrogens with one attached hydrogen (secondary N) is 1. The number of hydrogen-bond donors (Lipinski definition) is 2. The lowest BCUT2D eigenvalue weighted by Crippen LogP contribution is -2.35. The van der Waals surface area contributed by atoms with Crippen LogP contribution in [0.4, 0.5) is 0 Å². The molecule has 8 heteroatoms. The maximum atomic E-state index is 12.9. The molecule has 0 aliphatic carbocycles. The predicted molar refractivity (Wildman–Crippen MR) is 107 cm³/mol. The first-order chi connectivity index (χ1) is 13.2. The molecule has 0 bridgehead atoms. The Bertz CT molecular complexity index is 927. The van der Waals surface area contributed by atoms with E-state index in [1.54, 1.807) is 38.1 Å². The van der Waals surface area contributed by atoms with Gasteiger partial charge >= 0.3 is 0 Å². The summed E-state index contributed by atoms with van der Waals surface area (Å²) >= 11 is 6.01. The van der Waals surface area contributed by atoms with Crippen molar-refractivity contribution in [3.63, 3.8) is 0 Å². The van der Waals surface area contributed by atoms with E-state index in [2.05, 4.69) is 10.2 Å². The highest BCUT2D eigenvalue weighted by atomic mass is 35.5. The summed E-state index contributed by atoms with van der Waals surface area (Å²) in [6, 6.07) is 6.26. The number of nitrogens with zero attached hydrogens (tertiary/aromatic N) is 3. The van der Waals surface area contributed by atoms with Gasteiger partial charge in [0, 0.05) is 23.8 Å². The number of rotatable bonds is 5. The Morgan fingerprint density at radius 3 is 2.43 bits per heavy atom. The number of amides is 1. The van der Waals surface area contributed by atoms with Gasteiger partial charge in [-0.25, -0.2) is 0 Å². The van der Waals surface area contributed by atoms with Crippen LogP contribution >= 0.6 is 11.6 Å². The number of halogens is 1. The zero-order chi connectivity index (χ0) is 20.6. The molecule has 1 saturated heterocycles. The zero-order valence-electron chi connectivity index (χ0n) is 16.3. The molecular formula is C20H23ClN4O3. The topological polar surface area (TPSA) is 89.5 Å². The molecule has 2 aromatic rings. The van der Waals surface area contributed by atoms with Gasteiger partial charge in [-0.3, -0.25) is 14.7 Å². The van der Waals surface area contributed by atoms with Crippen molar-refractivity contribution < 1.29 is 14.7 Å². The van der Waals surface area contributed by atoms with E-state index in [-0.39, 0.29) is 11.3 Å². The number of likely N-dealkylation sites (tertiary alicyclic amines) is 1. The third-order valence-electron chi connectivity index (χ3n) is 4.88. The fourth-order valence-corrected chi connectivity index (χ4v) is 3.57. The average molecular weight is 403 g/mol. The monoisotopic (exact) mass is 402 g/mol. The van der Waals surface area contributed by atoms with Crippen LogP contribution in [0.3, 0.4) is 0 Å². The molecule has 2 N–H and O–H groups in total. The van der Waals surface area contributed by atoms with Crippen molar-refractivity contribution in [2.45, 2.75) is 19.9 Å². The number of ketones is 1. The summed E-state index contributed by atoms with van der Waals surface area (Å²) in [4.78, 5) is 29.1. The fraction of sp³-hybridized carbons (Fsp3) is 0.350. The molecule has 1 atom stereocenters. The first-order valence-corrected chi connectivity index (χ1v) is 9.30. The Kier molecular flexibility index (Phi) is 5.58. The molecule has 148 valence electrons. The van der Waals surface area contributed by atoms with Crippen LogP contribution in [-0.4, -0.2) is 64.0 Å². The second-order valence-corrected chi connectivity index (χ2v) is 7.59. The van der Waals surface area contributed by atoms with E-state index < -0.39 is 17.7 Å². The second kappa shape index (κ2) is 7.77. The van der Waals surface area contributed by atoms with Crippen LogP contribution in [0, 0.1) is 13.8 Å². The zero-order valence-corrected chi connectivity index (χ0v) is 17.0. The number of carbonyl (C=O) groups excluding carboxylic acids is 2. The van der Waals surface area contributed by atoms with Crippen molar-refractivity contribution in [3.8, 4) is 0 Å². The first-order valence-electron chi connectivity index (χ1n) is 8.93. The third-order valence-corrected chi connectivity index (χ3v) is 5.13. The van der Waals surface area contributed by atoms with Gasteiger partial charge in [0.1, 0.15) is 5.76 Å². The number of H-pyrrole nitrogens is 1.